The van der Waals surface area contributed by atoms with E-state index in [1.807, 2.05) is 26.0 Å². The molecule has 0 spiro atoms. The molecule has 0 atom stereocenters. The standard InChI is InChI=1S/C13H16N2O/c1-4-5-6-14-13(16)15-12-8-10(2)7-11(3)9-12/h1,7-9H,5-6H2,2-3H3,(H2,14,15,16). The minimum absolute atomic E-state index is 0.222. The highest BCUT2D eigenvalue weighted by atomic mass is 16.2. The van der Waals surface area contributed by atoms with Crippen LogP contribution in [-0.2, 0) is 0 Å². The smallest absolute Gasteiger partial charge is 0.319 e. The molecule has 0 aromatic heterocycles. The molecule has 0 aliphatic rings. The van der Waals surface area contributed by atoms with Crippen LogP contribution in [0.1, 0.15) is 17.5 Å². The van der Waals surface area contributed by atoms with Gasteiger partial charge in [0.05, 0.1) is 0 Å². The van der Waals surface area contributed by atoms with Crippen molar-refractivity contribution >= 4 is 11.7 Å². The third kappa shape index (κ3) is 4.05. The molecule has 1 rings (SSSR count). The number of benzene rings is 1. The van der Waals surface area contributed by atoms with Gasteiger partial charge in [-0.1, -0.05) is 6.07 Å². The van der Waals surface area contributed by atoms with Crippen LogP contribution in [0.5, 0.6) is 0 Å². The number of hydrogen-bond acceptors (Lipinski definition) is 1. The molecule has 0 bridgehead atoms. The maximum atomic E-state index is 11.4. The molecule has 2 N–H and O–H groups in total. The molecule has 0 aliphatic carbocycles. The molecular formula is C13H16N2O. The van der Waals surface area contributed by atoms with Crippen molar-refractivity contribution in [3.05, 3.63) is 29.3 Å². The van der Waals surface area contributed by atoms with E-state index in [0.717, 1.165) is 16.8 Å². The zero-order chi connectivity index (χ0) is 12.0. The average molecular weight is 216 g/mol. The summed E-state index contributed by atoms with van der Waals surface area (Å²) in [6, 6.07) is 5.68. The second-order valence-corrected chi connectivity index (χ2v) is 3.71. The van der Waals surface area contributed by atoms with Crippen LogP contribution >= 0.6 is 0 Å². The predicted octanol–water partition coefficient (Wildman–Crippen LogP) is 2.45. The molecule has 16 heavy (non-hydrogen) atoms. The SMILES string of the molecule is C#CCCNC(=O)Nc1cc(C)cc(C)c1. The van der Waals surface area contributed by atoms with E-state index in [9.17, 15) is 4.79 Å². The van der Waals surface area contributed by atoms with Crippen LogP contribution in [0, 0.1) is 26.2 Å². The second kappa shape index (κ2) is 5.82. The summed E-state index contributed by atoms with van der Waals surface area (Å²) in [6.07, 6.45) is 5.63. The Bertz CT molecular complexity index is 398. The van der Waals surface area contributed by atoms with E-state index >= 15 is 0 Å². The van der Waals surface area contributed by atoms with Gasteiger partial charge in [-0.05, 0) is 37.1 Å². The first-order chi connectivity index (χ1) is 7.61. The number of amides is 2. The monoisotopic (exact) mass is 216 g/mol. The lowest BCUT2D eigenvalue weighted by atomic mass is 10.1. The fourth-order valence-corrected chi connectivity index (χ4v) is 1.47. The second-order valence-electron chi connectivity index (χ2n) is 3.71. The largest absolute Gasteiger partial charge is 0.337 e. The highest BCUT2D eigenvalue weighted by Crippen LogP contribution is 2.13. The van der Waals surface area contributed by atoms with Gasteiger partial charge in [-0.15, -0.1) is 12.3 Å². The first kappa shape index (κ1) is 12.1. The summed E-state index contributed by atoms with van der Waals surface area (Å²) < 4.78 is 0. The van der Waals surface area contributed by atoms with Crippen molar-refractivity contribution in [2.45, 2.75) is 20.3 Å². The van der Waals surface area contributed by atoms with Crippen LogP contribution in [0.25, 0.3) is 0 Å². The van der Waals surface area contributed by atoms with Crippen molar-refractivity contribution in [3.63, 3.8) is 0 Å². The van der Waals surface area contributed by atoms with Gasteiger partial charge >= 0.3 is 6.03 Å². The zero-order valence-electron chi connectivity index (χ0n) is 9.63. The Labute approximate surface area is 96.2 Å². The number of terminal acetylenes is 1. The highest BCUT2D eigenvalue weighted by molar-refractivity contribution is 5.89. The summed E-state index contributed by atoms with van der Waals surface area (Å²) >= 11 is 0. The van der Waals surface area contributed by atoms with E-state index in [2.05, 4.69) is 22.6 Å². The molecule has 0 saturated carbocycles. The third-order valence-corrected chi connectivity index (χ3v) is 2.03. The fraction of sp³-hybridized carbons (Fsp3) is 0.308. The zero-order valence-corrected chi connectivity index (χ0v) is 9.63. The Kier molecular flexibility index (Phi) is 4.41. The van der Waals surface area contributed by atoms with E-state index in [0.29, 0.717) is 13.0 Å². The minimum atomic E-state index is -0.222. The lowest BCUT2D eigenvalue weighted by Crippen LogP contribution is -2.29. The van der Waals surface area contributed by atoms with Crippen molar-refractivity contribution in [2.75, 3.05) is 11.9 Å². The molecule has 0 aliphatic heterocycles. The number of aryl methyl sites for hydroxylation is 2. The van der Waals surface area contributed by atoms with Crippen LogP contribution in [0.4, 0.5) is 10.5 Å². The lowest BCUT2D eigenvalue weighted by Gasteiger charge is -2.08. The van der Waals surface area contributed by atoms with Gasteiger partial charge in [0, 0.05) is 18.7 Å². The van der Waals surface area contributed by atoms with Crippen LogP contribution in [0.15, 0.2) is 18.2 Å². The molecule has 2 amide bonds. The molecule has 0 unspecified atom stereocenters. The lowest BCUT2D eigenvalue weighted by molar-refractivity contribution is 0.252. The topological polar surface area (TPSA) is 41.1 Å². The minimum Gasteiger partial charge on any atom is -0.337 e. The van der Waals surface area contributed by atoms with Gasteiger partial charge in [-0.3, -0.25) is 0 Å². The number of carbonyl (C=O) groups is 1. The quantitative estimate of drug-likeness (QED) is 0.591. The number of nitrogens with one attached hydrogen (secondary N) is 2. The molecule has 0 fully saturated rings. The summed E-state index contributed by atoms with van der Waals surface area (Å²) in [5.74, 6) is 2.46. The Morgan fingerprint density at radius 2 is 1.94 bits per heavy atom. The van der Waals surface area contributed by atoms with Gasteiger partial charge in [-0.25, -0.2) is 4.79 Å². The van der Waals surface area contributed by atoms with Gasteiger partial charge in [-0.2, -0.15) is 0 Å². The van der Waals surface area contributed by atoms with E-state index in [1.54, 1.807) is 0 Å². The van der Waals surface area contributed by atoms with Crippen molar-refractivity contribution in [1.82, 2.24) is 5.32 Å². The highest BCUT2D eigenvalue weighted by Gasteiger charge is 2.01. The molecular weight excluding hydrogens is 200 g/mol. The summed E-state index contributed by atoms with van der Waals surface area (Å²) in [6.45, 7) is 4.48. The van der Waals surface area contributed by atoms with Crippen LogP contribution < -0.4 is 10.6 Å². The van der Waals surface area contributed by atoms with Crippen molar-refractivity contribution in [1.29, 1.82) is 0 Å². The Morgan fingerprint density at radius 3 is 2.50 bits per heavy atom. The van der Waals surface area contributed by atoms with E-state index in [1.165, 1.54) is 0 Å². The number of hydrogen-bond donors (Lipinski definition) is 2. The molecule has 84 valence electrons. The van der Waals surface area contributed by atoms with E-state index in [4.69, 9.17) is 6.42 Å². The summed E-state index contributed by atoms with van der Waals surface area (Å²) in [7, 11) is 0. The number of anilines is 1. The van der Waals surface area contributed by atoms with E-state index in [-0.39, 0.29) is 6.03 Å². The molecule has 0 saturated heterocycles. The van der Waals surface area contributed by atoms with Crippen molar-refractivity contribution < 1.29 is 4.79 Å². The van der Waals surface area contributed by atoms with Crippen molar-refractivity contribution in [2.24, 2.45) is 0 Å². The summed E-state index contributed by atoms with van der Waals surface area (Å²) in [5.41, 5.74) is 3.05. The predicted molar refractivity (Wildman–Crippen MR) is 66.4 cm³/mol. The van der Waals surface area contributed by atoms with Gasteiger partial charge < -0.3 is 10.6 Å². The fourth-order valence-electron chi connectivity index (χ4n) is 1.47. The molecule has 1 aromatic rings. The number of rotatable bonds is 3. The van der Waals surface area contributed by atoms with Gasteiger partial charge in [0.2, 0.25) is 0 Å². The molecule has 0 heterocycles. The van der Waals surface area contributed by atoms with Crippen LogP contribution in [0.2, 0.25) is 0 Å². The van der Waals surface area contributed by atoms with Crippen LogP contribution in [-0.4, -0.2) is 12.6 Å². The molecule has 0 radical (unpaired) electrons. The molecule has 3 heteroatoms. The normalized spacial score (nSPS) is 9.31. The first-order valence-corrected chi connectivity index (χ1v) is 5.18. The Hall–Kier alpha value is -1.95. The van der Waals surface area contributed by atoms with Crippen molar-refractivity contribution in [3.8, 4) is 12.3 Å². The van der Waals surface area contributed by atoms with Gasteiger partial charge in [0.1, 0.15) is 0 Å². The van der Waals surface area contributed by atoms with Crippen LogP contribution in [0.3, 0.4) is 0 Å². The Balaban J connectivity index is 2.53. The first-order valence-electron chi connectivity index (χ1n) is 5.18. The molecule has 1 aromatic carbocycles. The maximum Gasteiger partial charge on any atom is 0.319 e. The molecule has 3 nitrogen and oxygen atoms in total. The number of urea groups is 1. The number of carbonyl (C=O) groups excluding carboxylic acids is 1. The van der Waals surface area contributed by atoms with Gasteiger partial charge in [0.15, 0.2) is 0 Å². The average Bonchev–Trinajstić information content (AvgIpc) is 2.16. The summed E-state index contributed by atoms with van der Waals surface area (Å²) in [5, 5.41) is 5.44. The maximum absolute atomic E-state index is 11.4. The Morgan fingerprint density at radius 1 is 1.31 bits per heavy atom. The third-order valence-electron chi connectivity index (χ3n) is 2.03. The van der Waals surface area contributed by atoms with Gasteiger partial charge in [0.25, 0.3) is 0 Å². The summed E-state index contributed by atoms with van der Waals surface area (Å²) in [4.78, 5) is 11.4. The van der Waals surface area contributed by atoms with E-state index < -0.39 is 0 Å².